The average molecular weight is 233 g/mol. The quantitative estimate of drug-likeness (QED) is 0.793. The van der Waals surface area contributed by atoms with E-state index in [0.717, 1.165) is 12.5 Å². The molecule has 0 aromatic heterocycles. The highest BCUT2D eigenvalue weighted by Crippen LogP contribution is 2.32. The zero-order chi connectivity index (χ0) is 12.3. The third-order valence-electron chi connectivity index (χ3n) is 3.83. The molecular weight excluding hydrogens is 210 g/mol. The summed E-state index contributed by atoms with van der Waals surface area (Å²) < 4.78 is 5.35. The Morgan fingerprint density at radius 2 is 2.00 bits per heavy atom. The molecule has 1 heterocycles. The van der Waals surface area contributed by atoms with Gasteiger partial charge in [0.25, 0.3) is 0 Å². The van der Waals surface area contributed by atoms with E-state index >= 15 is 0 Å². The number of likely N-dealkylation sites (tertiary alicyclic amines) is 1. The predicted octanol–water partition coefficient (Wildman–Crippen LogP) is 2.76. The molecule has 1 aromatic carbocycles. The van der Waals surface area contributed by atoms with Gasteiger partial charge < -0.3 is 4.74 Å². The first-order valence-corrected chi connectivity index (χ1v) is 6.50. The maximum absolute atomic E-state index is 5.35. The third-order valence-corrected chi connectivity index (χ3v) is 3.83. The van der Waals surface area contributed by atoms with Gasteiger partial charge in [-0.1, -0.05) is 37.3 Å². The van der Waals surface area contributed by atoms with Gasteiger partial charge in [-0.05, 0) is 18.4 Å². The van der Waals surface area contributed by atoms with Crippen LogP contribution >= 0.6 is 0 Å². The summed E-state index contributed by atoms with van der Waals surface area (Å²) in [6, 6.07) is 10.9. The minimum Gasteiger partial charge on any atom is -0.380 e. The molecule has 2 rings (SSSR count). The van der Waals surface area contributed by atoms with E-state index in [-0.39, 0.29) is 0 Å². The van der Waals surface area contributed by atoms with Crippen molar-refractivity contribution >= 4 is 0 Å². The summed E-state index contributed by atoms with van der Waals surface area (Å²) in [5, 5.41) is 0. The number of benzene rings is 1. The lowest BCUT2D eigenvalue weighted by molar-refractivity contribution is 0.0839. The van der Waals surface area contributed by atoms with Crippen LogP contribution in [0.2, 0.25) is 0 Å². The molecule has 0 saturated carbocycles. The van der Waals surface area contributed by atoms with E-state index in [9.17, 15) is 0 Å². The molecule has 0 unspecified atom stereocenters. The molecule has 0 bridgehead atoms. The fraction of sp³-hybridized carbons (Fsp3) is 0.600. The number of ether oxygens (including phenoxy) is 1. The lowest BCUT2D eigenvalue weighted by Gasteiger charge is -2.19. The van der Waals surface area contributed by atoms with Crippen molar-refractivity contribution in [1.29, 1.82) is 0 Å². The molecular formula is C15H23NO. The van der Waals surface area contributed by atoms with Crippen LogP contribution in [0.15, 0.2) is 30.3 Å². The minimum absolute atomic E-state index is 0.330. The number of nitrogens with zero attached hydrogens (tertiary/aromatic N) is 1. The van der Waals surface area contributed by atoms with Gasteiger partial charge in [0, 0.05) is 32.7 Å². The highest BCUT2D eigenvalue weighted by Gasteiger charge is 2.30. The van der Waals surface area contributed by atoms with Gasteiger partial charge in [-0.2, -0.15) is 0 Å². The fourth-order valence-corrected chi connectivity index (χ4v) is 2.79. The molecule has 0 N–H and O–H groups in total. The minimum atomic E-state index is 0.330. The van der Waals surface area contributed by atoms with Crippen LogP contribution in [0.4, 0.5) is 0 Å². The van der Waals surface area contributed by atoms with Gasteiger partial charge in [0.2, 0.25) is 0 Å². The van der Waals surface area contributed by atoms with E-state index in [1.165, 1.54) is 18.7 Å². The number of hydrogen-bond donors (Lipinski definition) is 0. The molecule has 1 aromatic rings. The van der Waals surface area contributed by atoms with Crippen molar-refractivity contribution in [2.24, 2.45) is 5.92 Å². The smallest absolute Gasteiger partial charge is 0.0670 e. The summed E-state index contributed by atoms with van der Waals surface area (Å²) in [6.07, 6.45) is 0.330. The van der Waals surface area contributed by atoms with E-state index in [4.69, 9.17) is 4.74 Å². The van der Waals surface area contributed by atoms with Crippen molar-refractivity contribution in [3.63, 3.8) is 0 Å². The van der Waals surface area contributed by atoms with Crippen LogP contribution < -0.4 is 0 Å². The second-order valence-electron chi connectivity index (χ2n) is 5.26. The molecule has 2 heteroatoms. The maximum Gasteiger partial charge on any atom is 0.0670 e. The molecule has 0 amide bonds. The molecule has 94 valence electrons. The van der Waals surface area contributed by atoms with Gasteiger partial charge >= 0.3 is 0 Å². The lowest BCUT2D eigenvalue weighted by atomic mass is 9.90. The molecule has 1 aliphatic heterocycles. The van der Waals surface area contributed by atoms with Crippen molar-refractivity contribution < 1.29 is 4.74 Å². The van der Waals surface area contributed by atoms with Gasteiger partial charge in [0.1, 0.15) is 0 Å². The van der Waals surface area contributed by atoms with Crippen molar-refractivity contribution in [2.75, 3.05) is 26.7 Å². The SMILES string of the molecule is CO[C@@H](C)CN1C[C@@H](C)[C@H](c2ccccc2)C1. The van der Waals surface area contributed by atoms with Crippen LogP contribution in [-0.4, -0.2) is 37.7 Å². The van der Waals surface area contributed by atoms with Gasteiger partial charge in [-0.3, -0.25) is 4.90 Å². The molecule has 1 fully saturated rings. The van der Waals surface area contributed by atoms with Gasteiger partial charge in [-0.25, -0.2) is 0 Å². The Labute approximate surface area is 105 Å². The van der Waals surface area contributed by atoms with E-state index in [1.54, 1.807) is 7.11 Å². The fourth-order valence-electron chi connectivity index (χ4n) is 2.79. The Morgan fingerprint density at radius 3 is 2.65 bits per heavy atom. The van der Waals surface area contributed by atoms with Crippen molar-refractivity contribution in [1.82, 2.24) is 4.90 Å². The zero-order valence-electron chi connectivity index (χ0n) is 11.1. The maximum atomic E-state index is 5.35. The van der Waals surface area contributed by atoms with Crippen molar-refractivity contribution in [3.8, 4) is 0 Å². The Bertz CT molecular complexity index is 338. The van der Waals surface area contributed by atoms with Crippen LogP contribution in [0.1, 0.15) is 25.3 Å². The summed E-state index contributed by atoms with van der Waals surface area (Å²) >= 11 is 0. The largest absolute Gasteiger partial charge is 0.380 e. The van der Waals surface area contributed by atoms with Gasteiger partial charge in [0.05, 0.1) is 6.10 Å². The normalized spacial score (nSPS) is 27.2. The van der Waals surface area contributed by atoms with Gasteiger partial charge in [0.15, 0.2) is 0 Å². The Morgan fingerprint density at radius 1 is 1.29 bits per heavy atom. The summed E-state index contributed by atoms with van der Waals surface area (Å²) in [6.45, 7) is 7.89. The number of methoxy groups -OCH3 is 1. The Hall–Kier alpha value is -0.860. The number of rotatable bonds is 4. The summed E-state index contributed by atoms with van der Waals surface area (Å²) in [4.78, 5) is 2.52. The molecule has 1 saturated heterocycles. The molecule has 0 aliphatic carbocycles. The number of hydrogen-bond acceptors (Lipinski definition) is 2. The third kappa shape index (κ3) is 3.08. The van der Waals surface area contributed by atoms with Crippen LogP contribution in [0.25, 0.3) is 0 Å². The Kier molecular flexibility index (Phi) is 4.19. The Balaban J connectivity index is 1.98. The molecule has 2 nitrogen and oxygen atoms in total. The molecule has 0 radical (unpaired) electrons. The van der Waals surface area contributed by atoms with E-state index in [1.807, 2.05) is 0 Å². The van der Waals surface area contributed by atoms with E-state index in [0.29, 0.717) is 12.0 Å². The first-order chi connectivity index (χ1) is 8.20. The highest BCUT2D eigenvalue weighted by atomic mass is 16.5. The van der Waals surface area contributed by atoms with Crippen LogP contribution in [0.3, 0.4) is 0 Å². The second kappa shape index (κ2) is 5.65. The average Bonchev–Trinajstić information content (AvgIpc) is 2.71. The van der Waals surface area contributed by atoms with E-state index in [2.05, 4.69) is 49.1 Å². The molecule has 3 atom stereocenters. The van der Waals surface area contributed by atoms with Crippen LogP contribution in [-0.2, 0) is 4.74 Å². The van der Waals surface area contributed by atoms with Crippen LogP contribution in [0, 0.1) is 5.92 Å². The molecule has 1 aliphatic rings. The highest BCUT2D eigenvalue weighted by molar-refractivity contribution is 5.22. The second-order valence-corrected chi connectivity index (χ2v) is 5.26. The standard InChI is InChI=1S/C15H23NO/c1-12-9-16(10-13(2)17-3)11-15(12)14-7-5-4-6-8-14/h4-8,12-13,15H,9-11H2,1-3H3/t12-,13+,15-/m1/s1. The van der Waals surface area contributed by atoms with Crippen molar-refractivity contribution in [3.05, 3.63) is 35.9 Å². The molecule has 17 heavy (non-hydrogen) atoms. The first-order valence-electron chi connectivity index (χ1n) is 6.50. The summed E-state index contributed by atoms with van der Waals surface area (Å²) in [5.74, 6) is 1.42. The summed E-state index contributed by atoms with van der Waals surface area (Å²) in [7, 11) is 1.79. The summed E-state index contributed by atoms with van der Waals surface area (Å²) in [5.41, 5.74) is 1.48. The predicted molar refractivity (Wildman–Crippen MR) is 71.3 cm³/mol. The zero-order valence-corrected chi connectivity index (χ0v) is 11.1. The lowest BCUT2D eigenvalue weighted by Crippen LogP contribution is -2.30. The molecule has 0 spiro atoms. The first kappa shape index (κ1) is 12.6. The topological polar surface area (TPSA) is 12.5 Å². The van der Waals surface area contributed by atoms with E-state index < -0.39 is 0 Å². The van der Waals surface area contributed by atoms with Crippen molar-refractivity contribution in [2.45, 2.75) is 25.9 Å². The monoisotopic (exact) mass is 233 g/mol. The van der Waals surface area contributed by atoms with Gasteiger partial charge in [-0.15, -0.1) is 0 Å². The van der Waals surface area contributed by atoms with Crippen LogP contribution in [0.5, 0.6) is 0 Å².